The highest BCUT2D eigenvalue weighted by molar-refractivity contribution is 6.35. The molecule has 0 saturated carbocycles. The van der Waals surface area contributed by atoms with Gasteiger partial charge in [0, 0.05) is 0 Å². The fourth-order valence-electron chi connectivity index (χ4n) is 5.68. The fraction of sp³-hybridized carbons (Fsp3) is 0.0588. The van der Waals surface area contributed by atoms with E-state index in [0.717, 1.165) is 0 Å². The number of fused-ring (bicyclic) bond motifs is 2. The van der Waals surface area contributed by atoms with Crippen molar-refractivity contribution >= 4 is 43.1 Å². The van der Waals surface area contributed by atoms with Gasteiger partial charge in [0.15, 0.2) is 0 Å². The van der Waals surface area contributed by atoms with Crippen LogP contribution in [0.4, 0.5) is 0 Å². The van der Waals surface area contributed by atoms with Crippen LogP contribution in [0.25, 0.3) is 65.3 Å². The van der Waals surface area contributed by atoms with Gasteiger partial charge in [-0.1, -0.05) is 120 Å². The van der Waals surface area contributed by atoms with Crippen LogP contribution < -0.4 is 0 Å². The van der Waals surface area contributed by atoms with E-state index in [4.69, 9.17) is 0 Å². The van der Waals surface area contributed by atoms with Crippen LogP contribution in [0.1, 0.15) is 11.1 Å². The standard InChI is InChI=1S/C34H24/c1-21-9-13-23(14-10-21)25-17-19-31-30-8-4-6-28-26(24-15-11-22(2)12-16-24)18-20-32(34(28)30)29-7-3-5-27(25)33(29)31/h3-20H,1-2H3. The Morgan fingerprint density at radius 2 is 0.676 bits per heavy atom. The Hall–Kier alpha value is -4.16. The Morgan fingerprint density at radius 1 is 0.324 bits per heavy atom. The molecule has 0 fully saturated rings. The van der Waals surface area contributed by atoms with Crippen LogP contribution in [-0.2, 0) is 0 Å². The van der Waals surface area contributed by atoms with Crippen molar-refractivity contribution in [2.24, 2.45) is 0 Å². The molecule has 160 valence electrons. The summed E-state index contributed by atoms with van der Waals surface area (Å²) in [5.74, 6) is 0. The topological polar surface area (TPSA) is 0 Å². The van der Waals surface area contributed by atoms with Crippen molar-refractivity contribution in [3.05, 3.63) is 120 Å². The number of benzene rings is 7. The lowest BCUT2D eigenvalue weighted by atomic mass is 9.85. The average Bonchev–Trinajstić information content (AvgIpc) is 2.88. The SMILES string of the molecule is Cc1ccc(-c2ccc3c4cccc5c(-c6ccc(C)cc6)ccc(c6cccc2c63)c54)cc1. The van der Waals surface area contributed by atoms with Crippen LogP contribution in [0, 0.1) is 13.8 Å². The van der Waals surface area contributed by atoms with Crippen molar-refractivity contribution in [2.45, 2.75) is 13.8 Å². The van der Waals surface area contributed by atoms with Crippen molar-refractivity contribution in [1.82, 2.24) is 0 Å². The minimum Gasteiger partial charge on any atom is -0.0610 e. The maximum atomic E-state index is 2.33. The smallest absolute Gasteiger partial charge is 0.00201 e. The van der Waals surface area contributed by atoms with Crippen LogP contribution >= 0.6 is 0 Å². The van der Waals surface area contributed by atoms with Crippen LogP contribution in [0.3, 0.4) is 0 Å². The summed E-state index contributed by atoms with van der Waals surface area (Å²) in [4.78, 5) is 0. The van der Waals surface area contributed by atoms with Gasteiger partial charge in [0.2, 0.25) is 0 Å². The zero-order chi connectivity index (χ0) is 22.8. The summed E-state index contributed by atoms with van der Waals surface area (Å²) in [6.45, 7) is 4.29. The van der Waals surface area contributed by atoms with E-state index in [1.54, 1.807) is 0 Å². The van der Waals surface area contributed by atoms with E-state index < -0.39 is 0 Å². The summed E-state index contributed by atoms with van der Waals surface area (Å²) in [6, 6.07) is 40.6. The Bertz CT molecular complexity index is 1680. The van der Waals surface area contributed by atoms with Crippen LogP contribution in [0.2, 0.25) is 0 Å². The monoisotopic (exact) mass is 432 g/mol. The lowest BCUT2D eigenvalue weighted by molar-refractivity contribution is 1.47. The van der Waals surface area contributed by atoms with Gasteiger partial charge >= 0.3 is 0 Å². The fourth-order valence-corrected chi connectivity index (χ4v) is 5.68. The molecule has 0 aliphatic rings. The van der Waals surface area contributed by atoms with Gasteiger partial charge in [-0.2, -0.15) is 0 Å². The summed E-state index contributed by atoms with van der Waals surface area (Å²) >= 11 is 0. The molecular formula is C34H24. The summed E-state index contributed by atoms with van der Waals surface area (Å²) in [5, 5.41) is 10.7. The Morgan fingerprint density at radius 3 is 1.09 bits per heavy atom. The first kappa shape index (κ1) is 19.3. The quantitative estimate of drug-likeness (QED) is 0.188. The summed E-state index contributed by atoms with van der Waals surface area (Å²) in [5.41, 5.74) is 7.72. The molecule has 34 heavy (non-hydrogen) atoms. The van der Waals surface area contributed by atoms with Crippen molar-refractivity contribution in [3.63, 3.8) is 0 Å². The van der Waals surface area contributed by atoms with E-state index in [1.165, 1.54) is 76.5 Å². The van der Waals surface area contributed by atoms with Gasteiger partial charge in [0.25, 0.3) is 0 Å². The first-order valence-electron chi connectivity index (χ1n) is 12.0. The second kappa shape index (κ2) is 7.17. The molecule has 0 amide bonds. The lowest BCUT2D eigenvalue weighted by Gasteiger charge is -2.18. The van der Waals surface area contributed by atoms with Crippen LogP contribution in [-0.4, -0.2) is 0 Å². The number of hydrogen-bond donors (Lipinski definition) is 0. The van der Waals surface area contributed by atoms with Gasteiger partial charge in [0.1, 0.15) is 0 Å². The Balaban J connectivity index is 1.61. The average molecular weight is 433 g/mol. The Labute approximate surface area is 199 Å². The third kappa shape index (κ3) is 2.72. The first-order chi connectivity index (χ1) is 16.7. The molecule has 7 aromatic rings. The molecule has 0 unspecified atom stereocenters. The lowest BCUT2D eigenvalue weighted by Crippen LogP contribution is -1.90. The number of rotatable bonds is 2. The predicted molar refractivity (Wildman–Crippen MR) is 148 cm³/mol. The van der Waals surface area contributed by atoms with Crippen molar-refractivity contribution in [2.75, 3.05) is 0 Å². The van der Waals surface area contributed by atoms with Crippen molar-refractivity contribution in [1.29, 1.82) is 0 Å². The third-order valence-electron chi connectivity index (χ3n) is 7.39. The highest BCUT2D eigenvalue weighted by Crippen LogP contribution is 2.44. The van der Waals surface area contributed by atoms with Gasteiger partial charge in [-0.25, -0.2) is 0 Å². The number of hydrogen-bond acceptors (Lipinski definition) is 0. The molecule has 0 aliphatic carbocycles. The minimum atomic E-state index is 1.27. The maximum absolute atomic E-state index is 2.33. The summed E-state index contributed by atoms with van der Waals surface area (Å²) in [6.07, 6.45) is 0. The molecule has 0 spiro atoms. The third-order valence-corrected chi connectivity index (χ3v) is 7.39. The van der Waals surface area contributed by atoms with Crippen molar-refractivity contribution < 1.29 is 0 Å². The second-order valence-electron chi connectivity index (χ2n) is 9.51. The van der Waals surface area contributed by atoms with Gasteiger partial charge in [-0.15, -0.1) is 0 Å². The zero-order valence-electron chi connectivity index (χ0n) is 19.4. The van der Waals surface area contributed by atoms with Gasteiger partial charge in [-0.05, 0) is 79.2 Å². The Kier molecular flexibility index (Phi) is 4.07. The normalized spacial score (nSPS) is 11.8. The van der Waals surface area contributed by atoms with Crippen LogP contribution in [0.5, 0.6) is 0 Å². The second-order valence-corrected chi connectivity index (χ2v) is 9.51. The molecule has 0 aromatic heterocycles. The van der Waals surface area contributed by atoms with E-state index in [0.29, 0.717) is 0 Å². The molecular weight excluding hydrogens is 408 g/mol. The van der Waals surface area contributed by atoms with E-state index >= 15 is 0 Å². The number of aryl methyl sites for hydroxylation is 2. The molecule has 0 radical (unpaired) electrons. The molecule has 0 aliphatic heterocycles. The minimum absolute atomic E-state index is 1.27. The highest BCUT2D eigenvalue weighted by Gasteiger charge is 2.16. The molecule has 0 heteroatoms. The molecule has 7 aromatic carbocycles. The van der Waals surface area contributed by atoms with Gasteiger partial charge in [0.05, 0.1) is 0 Å². The molecule has 0 nitrogen and oxygen atoms in total. The van der Waals surface area contributed by atoms with E-state index in [1.807, 2.05) is 0 Å². The molecule has 0 bridgehead atoms. The maximum Gasteiger partial charge on any atom is -0.00201 e. The van der Waals surface area contributed by atoms with Gasteiger partial charge < -0.3 is 0 Å². The highest BCUT2D eigenvalue weighted by atomic mass is 14.2. The predicted octanol–water partition coefficient (Wildman–Crippen LogP) is 9.69. The first-order valence-corrected chi connectivity index (χ1v) is 12.0. The molecule has 0 atom stereocenters. The molecule has 0 heterocycles. The summed E-state index contributed by atoms with van der Waals surface area (Å²) in [7, 11) is 0. The molecule has 0 saturated heterocycles. The molecule has 7 rings (SSSR count). The summed E-state index contributed by atoms with van der Waals surface area (Å²) < 4.78 is 0. The van der Waals surface area contributed by atoms with Crippen molar-refractivity contribution in [3.8, 4) is 22.3 Å². The van der Waals surface area contributed by atoms with E-state index in [-0.39, 0.29) is 0 Å². The van der Waals surface area contributed by atoms with Crippen LogP contribution in [0.15, 0.2) is 109 Å². The van der Waals surface area contributed by atoms with E-state index in [9.17, 15) is 0 Å². The molecule has 0 N–H and O–H groups in total. The van der Waals surface area contributed by atoms with Gasteiger partial charge in [-0.3, -0.25) is 0 Å². The van der Waals surface area contributed by atoms with E-state index in [2.05, 4.69) is 123 Å². The zero-order valence-corrected chi connectivity index (χ0v) is 19.4. The largest absolute Gasteiger partial charge is 0.0610 e.